The SMILES string of the molecule is Cc1nc(-c2ccc(C)c(S(=O)(=O)N3CCCC(C(=O)NC4CCCCCCC4)C3)c2)no1. The summed E-state index contributed by atoms with van der Waals surface area (Å²) in [6.07, 6.45) is 9.44. The molecule has 33 heavy (non-hydrogen) atoms. The van der Waals surface area contributed by atoms with Gasteiger partial charge in [-0.25, -0.2) is 8.42 Å². The number of nitrogens with zero attached hydrogens (tertiary/aromatic N) is 3. The monoisotopic (exact) mass is 474 g/mol. The van der Waals surface area contributed by atoms with Crippen molar-refractivity contribution in [2.75, 3.05) is 13.1 Å². The Labute approximate surface area is 196 Å². The molecule has 1 atom stereocenters. The molecule has 1 unspecified atom stereocenters. The first-order chi connectivity index (χ1) is 15.8. The van der Waals surface area contributed by atoms with Crippen molar-refractivity contribution >= 4 is 15.9 Å². The van der Waals surface area contributed by atoms with Gasteiger partial charge < -0.3 is 9.84 Å². The maximum absolute atomic E-state index is 13.6. The molecule has 1 saturated carbocycles. The molecule has 0 bridgehead atoms. The van der Waals surface area contributed by atoms with Crippen molar-refractivity contribution in [1.82, 2.24) is 19.8 Å². The number of aryl methyl sites for hydroxylation is 2. The lowest BCUT2D eigenvalue weighted by atomic mass is 9.94. The highest BCUT2D eigenvalue weighted by molar-refractivity contribution is 7.89. The maximum atomic E-state index is 13.6. The molecule has 1 aliphatic heterocycles. The van der Waals surface area contributed by atoms with Crippen LogP contribution >= 0.6 is 0 Å². The largest absolute Gasteiger partial charge is 0.353 e. The van der Waals surface area contributed by atoms with Crippen molar-refractivity contribution in [3.05, 3.63) is 29.7 Å². The number of aromatic nitrogens is 2. The molecule has 4 rings (SSSR count). The third kappa shape index (κ3) is 5.63. The molecule has 1 aliphatic carbocycles. The number of piperidine rings is 1. The van der Waals surface area contributed by atoms with Crippen LogP contribution in [0.5, 0.6) is 0 Å². The van der Waals surface area contributed by atoms with Gasteiger partial charge >= 0.3 is 0 Å². The maximum Gasteiger partial charge on any atom is 0.243 e. The number of carbonyl (C=O) groups excluding carboxylic acids is 1. The summed E-state index contributed by atoms with van der Waals surface area (Å²) in [6.45, 7) is 4.10. The summed E-state index contributed by atoms with van der Waals surface area (Å²) in [5, 5.41) is 7.13. The highest BCUT2D eigenvalue weighted by Gasteiger charge is 2.35. The van der Waals surface area contributed by atoms with E-state index in [1.165, 1.54) is 23.6 Å². The van der Waals surface area contributed by atoms with Gasteiger partial charge in [-0.15, -0.1) is 0 Å². The Morgan fingerprint density at radius 3 is 2.48 bits per heavy atom. The number of amides is 1. The van der Waals surface area contributed by atoms with Crippen LogP contribution in [0.25, 0.3) is 11.4 Å². The molecule has 0 radical (unpaired) electrons. The molecule has 1 amide bonds. The van der Waals surface area contributed by atoms with Gasteiger partial charge in [0.2, 0.25) is 27.6 Å². The molecule has 2 aliphatic rings. The predicted octanol–water partition coefficient (Wildman–Crippen LogP) is 3.98. The van der Waals surface area contributed by atoms with Gasteiger partial charge in [-0.05, 0) is 44.2 Å². The number of hydrogen-bond acceptors (Lipinski definition) is 6. The van der Waals surface area contributed by atoms with E-state index in [4.69, 9.17) is 4.52 Å². The van der Waals surface area contributed by atoms with Crippen LogP contribution in [0.15, 0.2) is 27.6 Å². The fraction of sp³-hybridized carbons (Fsp3) is 0.625. The molecule has 1 aromatic heterocycles. The second-order valence-corrected chi connectivity index (χ2v) is 11.3. The van der Waals surface area contributed by atoms with E-state index in [-0.39, 0.29) is 29.3 Å². The Kier molecular flexibility index (Phi) is 7.48. The van der Waals surface area contributed by atoms with E-state index in [0.29, 0.717) is 42.2 Å². The van der Waals surface area contributed by atoms with Crippen molar-refractivity contribution in [3.63, 3.8) is 0 Å². The Morgan fingerprint density at radius 2 is 1.79 bits per heavy atom. The first-order valence-corrected chi connectivity index (χ1v) is 13.5. The van der Waals surface area contributed by atoms with Gasteiger partial charge in [-0.2, -0.15) is 9.29 Å². The number of nitrogens with one attached hydrogen (secondary N) is 1. The molecule has 9 heteroatoms. The fourth-order valence-corrected chi connectivity index (χ4v) is 6.64. The molecular formula is C24H34N4O4S. The normalized spacial score (nSPS) is 21.3. The zero-order chi connectivity index (χ0) is 23.4. The first-order valence-electron chi connectivity index (χ1n) is 12.1. The Balaban J connectivity index is 1.48. The van der Waals surface area contributed by atoms with Crippen LogP contribution in [0.4, 0.5) is 0 Å². The van der Waals surface area contributed by atoms with Crippen LogP contribution in [0, 0.1) is 19.8 Å². The summed E-state index contributed by atoms with van der Waals surface area (Å²) in [7, 11) is -3.76. The average Bonchev–Trinajstić information content (AvgIpc) is 3.22. The summed E-state index contributed by atoms with van der Waals surface area (Å²) in [4.78, 5) is 17.5. The smallest absolute Gasteiger partial charge is 0.243 e. The highest BCUT2D eigenvalue weighted by atomic mass is 32.2. The molecule has 1 aromatic carbocycles. The van der Waals surface area contributed by atoms with Crippen LogP contribution < -0.4 is 5.32 Å². The fourth-order valence-electron chi connectivity index (χ4n) is 4.87. The van der Waals surface area contributed by atoms with Gasteiger partial charge in [0.1, 0.15) is 0 Å². The Morgan fingerprint density at radius 1 is 1.06 bits per heavy atom. The summed E-state index contributed by atoms with van der Waals surface area (Å²) in [5.74, 6) is 0.457. The van der Waals surface area contributed by atoms with Crippen molar-refractivity contribution in [2.24, 2.45) is 5.92 Å². The van der Waals surface area contributed by atoms with E-state index < -0.39 is 10.0 Å². The molecule has 2 fully saturated rings. The standard InChI is InChI=1S/C24H34N4O4S/c1-17-12-13-19(23-25-18(2)32-27-23)15-22(17)33(30,31)28-14-8-9-20(16-28)24(29)26-21-10-6-4-3-5-7-11-21/h12-13,15,20-21H,3-11,14,16H2,1-2H3,(H,26,29). The molecule has 2 aromatic rings. The zero-order valence-corrected chi connectivity index (χ0v) is 20.4. The van der Waals surface area contributed by atoms with Gasteiger partial charge in [0.25, 0.3) is 0 Å². The lowest BCUT2D eigenvalue weighted by Crippen LogP contribution is -2.47. The molecule has 180 valence electrons. The van der Waals surface area contributed by atoms with Crippen molar-refractivity contribution in [1.29, 1.82) is 0 Å². The summed E-state index contributed by atoms with van der Waals surface area (Å²) in [6, 6.07) is 5.37. The van der Waals surface area contributed by atoms with E-state index in [2.05, 4.69) is 15.5 Å². The van der Waals surface area contributed by atoms with Crippen molar-refractivity contribution in [2.45, 2.75) is 82.6 Å². The van der Waals surface area contributed by atoms with E-state index in [1.54, 1.807) is 32.0 Å². The van der Waals surface area contributed by atoms with E-state index in [1.807, 2.05) is 0 Å². The third-order valence-electron chi connectivity index (χ3n) is 6.80. The summed E-state index contributed by atoms with van der Waals surface area (Å²) >= 11 is 0. The Bertz CT molecular complexity index is 1070. The van der Waals surface area contributed by atoms with Crippen LogP contribution in [-0.4, -0.2) is 47.9 Å². The molecule has 8 nitrogen and oxygen atoms in total. The van der Waals surface area contributed by atoms with Gasteiger partial charge in [-0.1, -0.05) is 49.4 Å². The molecule has 2 heterocycles. The van der Waals surface area contributed by atoms with Crippen LogP contribution in [0.3, 0.4) is 0 Å². The van der Waals surface area contributed by atoms with Crippen molar-refractivity contribution < 1.29 is 17.7 Å². The predicted molar refractivity (Wildman–Crippen MR) is 125 cm³/mol. The van der Waals surface area contributed by atoms with Gasteiger partial charge in [0, 0.05) is 31.6 Å². The van der Waals surface area contributed by atoms with Gasteiger partial charge in [0.05, 0.1) is 10.8 Å². The summed E-state index contributed by atoms with van der Waals surface area (Å²) < 4.78 is 33.6. The topological polar surface area (TPSA) is 105 Å². The number of rotatable bonds is 5. The Hall–Kier alpha value is -2.26. The molecule has 1 N–H and O–H groups in total. The van der Waals surface area contributed by atoms with E-state index >= 15 is 0 Å². The van der Waals surface area contributed by atoms with Crippen LogP contribution in [0.1, 0.15) is 69.2 Å². The van der Waals surface area contributed by atoms with Crippen LogP contribution in [0.2, 0.25) is 0 Å². The van der Waals surface area contributed by atoms with Gasteiger partial charge in [0.15, 0.2) is 0 Å². The molecule has 0 spiro atoms. The second kappa shape index (κ2) is 10.3. The van der Waals surface area contributed by atoms with Crippen LogP contribution in [-0.2, 0) is 14.8 Å². The lowest BCUT2D eigenvalue weighted by Gasteiger charge is -2.33. The second-order valence-electron chi connectivity index (χ2n) is 9.37. The number of benzene rings is 1. The minimum atomic E-state index is -3.76. The average molecular weight is 475 g/mol. The number of sulfonamides is 1. The van der Waals surface area contributed by atoms with Gasteiger partial charge in [-0.3, -0.25) is 4.79 Å². The van der Waals surface area contributed by atoms with Crippen molar-refractivity contribution in [3.8, 4) is 11.4 Å². The highest BCUT2D eigenvalue weighted by Crippen LogP contribution is 2.29. The minimum absolute atomic E-state index is 0.00628. The van der Waals surface area contributed by atoms with E-state index in [9.17, 15) is 13.2 Å². The molecular weight excluding hydrogens is 440 g/mol. The summed E-state index contributed by atoms with van der Waals surface area (Å²) in [5.41, 5.74) is 1.24. The first kappa shape index (κ1) is 23.9. The third-order valence-corrected chi connectivity index (χ3v) is 8.81. The lowest BCUT2D eigenvalue weighted by molar-refractivity contribution is -0.126. The quantitative estimate of drug-likeness (QED) is 0.703. The minimum Gasteiger partial charge on any atom is -0.353 e. The number of hydrogen-bond donors (Lipinski definition) is 1. The number of carbonyl (C=O) groups is 1. The molecule has 1 saturated heterocycles. The van der Waals surface area contributed by atoms with E-state index in [0.717, 1.165) is 25.7 Å². The zero-order valence-electron chi connectivity index (χ0n) is 19.5.